The van der Waals surface area contributed by atoms with Gasteiger partial charge < -0.3 is 14.5 Å². The summed E-state index contributed by atoms with van der Waals surface area (Å²) in [7, 11) is 2.16. The van der Waals surface area contributed by atoms with Crippen LogP contribution in [0.5, 0.6) is 0 Å². The lowest BCUT2D eigenvalue weighted by Crippen LogP contribution is -2.45. The minimum atomic E-state index is -0.211. The number of hydrogen-bond acceptors (Lipinski definition) is 6. The van der Waals surface area contributed by atoms with Crippen LogP contribution in [0.1, 0.15) is 19.5 Å². The Morgan fingerprint density at radius 1 is 1.26 bits per heavy atom. The highest BCUT2D eigenvalue weighted by molar-refractivity contribution is 5.65. The standard InChI is InChI=1S/C12H17N5.C4H8O2/c1-10-11-9-14-12(17(11)4-3-13-10)16-7-5-15(2)6-8-16;1-3-6-4(2)5/h3-4,9H,5-8H2,1-2H3;3H2,1-2H3. The van der Waals surface area contributed by atoms with E-state index in [1.165, 1.54) is 6.92 Å². The molecule has 2 aromatic heterocycles. The van der Waals surface area contributed by atoms with Crippen molar-refractivity contribution in [3.8, 4) is 0 Å². The van der Waals surface area contributed by atoms with Gasteiger partial charge in [-0.15, -0.1) is 0 Å². The van der Waals surface area contributed by atoms with E-state index in [0.717, 1.165) is 43.3 Å². The summed E-state index contributed by atoms with van der Waals surface area (Å²) in [5.41, 5.74) is 2.13. The molecule has 1 fully saturated rings. The maximum Gasteiger partial charge on any atom is 0.302 e. The molecular formula is C16H25N5O2. The molecule has 0 N–H and O–H groups in total. The number of likely N-dealkylation sites (N-methyl/N-ethyl adjacent to an activating group) is 1. The lowest BCUT2D eigenvalue weighted by Gasteiger charge is -2.32. The molecule has 0 bridgehead atoms. The van der Waals surface area contributed by atoms with Crippen molar-refractivity contribution in [2.75, 3.05) is 44.7 Å². The molecule has 0 aliphatic carbocycles. The molecule has 23 heavy (non-hydrogen) atoms. The monoisotopic (exact) mass is 319 g/mol. The average Bonchev–Trinajstić information content (AvgIpc) is 2.94. The fourth-order valence-corrected chi connectivity index (χ4v) is 2.49. The quantitative estimate of drug-likeness (QED) is 0.779. The second kappa shape index (κ2) is 7.92. The van der Waals surface area contributed by atoms with Crippen molar-refractivity contribution in [2.45, 2.75) is 20.8 Å². The Balaban J connectivity index is 0.000000277. The van der Waals surface area contributed by atoms with Gasteiger partial charge in [0.2, 0.25) is 5.95 Å². The summed E-state index contributed by atoms with van der Waals surface area (Å²) < 4.78 is 6.54. The van der Waals surface area contributed by atoms with Gasteiger partial charge in [0, 0.05) is 45.5 Å². The summed E-state index contributed by atoms with van der Waals surface area (Å²) in [5.74, 6) is 0.830. The number of hydrogen-bond donors (Lipinski definition) is 0. The van der Waals surface area contributed by atoms with E-state index >= 15 is 0 Å². The van der Waals surface area contributed by atoms with Crippen LogP contribution in [0.15, 0.2) is 18.6 Å². The number of nitrogens with zero attached hydrogens (tertiary/aromatic N) is 5. The molecule has 0 unspecified atom stereocenters. The van der Waals surface area contributed by atoms with Gasteiger partial charge in [-0.2, -0.15) is 0 Å². The number of esters is 1. The third kappa shape index (κ3) is 4.41. The van der Waals surface area contributed by atoms with Crippen LogP contribution in [-0.4, -0.2) is 65.1 Å². The van der Waals surface area contributed by atoms with E-state index in [4.69, 9.17) is 0 Å². The molecule has 0 radical (unpaired) electrons. The second-order valence-corrected chi connectivity index (χ2v) is 5.54. The SMILES string of the molecule is CCOC(C)=O.Cc1nccn2c(N3CCN(C)CC3)ncc12. The maximum atomic E-state index is 9.82. The number of aromatic nitrogens is 3. The number of imidazole rings is 1. The van der Waals surface area contributed by atoms with Crippen molar-refractivity contribution in [3.63, 3.8) is 0 Å². The summed E-state index contributed by atoms with van der Waals surface area (Å²) in [6.45, 7) is 9.94. The number of anilines is 1. The third-order valence-corrected chi connectivity index (χ3v) is 3.77. The molecule has 3 rings (SSSR count). The Kier molecular flexibility index (Phi) is 5.92. The highest BCUT2D eigenvalue weighted by Gasteiger charge is 2.18. The molecule has 7 heteroatoms. The second-order valence-electron chi connectivity index (χ2n) is 5.54. The van der Waals surface area contributed by atoms with E-state index in [-0.39, 0.29) is 5.97 Å². The molecule has 2 aromatic rings. The van der Waals surface area contributed by atoms with Gasteiger partial charge in [-0.05, 0) is 20.9 Å². The highest BCUT2D eigenvalue weighted by Crippen LogP contribution is 2.18. The van der Waals surface area contributed by atoms with Crippen LogP contribution < -0.4 is 4.90 Å². The minimum absolute atomic E-state index is 0.211. The normalized spacial score (nSPS) is 15.2. The number of ether oxygens (including phenoxy) is 1. The predicted molar refractivity (Wildman–Crippen MR) is 89.7 cm³/mol. The summed E-state index contributed by atoms with van der Waals surface area (Å²) >= 11 is 0. The Labute approximate surface area is 136 Å². The van der Waals surface area contributed by atoms with Crippen LogP contribution in [0.25, 0.3) is 5.52 Å². The van der Waals surface area contributed by atoms with E-state index in [1.807, 2.05) is 25.5 Å². The van der Waals surface area contributed by atoms with Crippen LogP contribution >= 0.6 is 0 Å². The summed E-state index contributed by atoms with van der Waals surface area (Å²) in [6.07, 6.45) is 5.74. The first-order valence-corrected chi connectivity index (χ1v) is 7.88. The van der Waals surface area contributed by atoms with E-state index < -0.39 is 0 Å². The topological polar surface area (TPSA) is 63.0 Å². The molecule has 0 saturated carbocycles. The molecule has 1 saturated heterocycles. The van der Waals surface area contributed by atoms with Crippen molar-refractivity contribution >= 4 is 17.4 Å². The van der Waals surface area contributed by atoms with Gasteiger partial charge in [-0.1, -0.05) is 0 Å². The average molecular weight is 319 g/mol. The third-order valence-electron chi connectivity index (χ3n) is 3.77. The highest BCUT2D eigenvalue weighted by atomic mass is 16.5. The number of aryl methyl sites for hydroxylation is 1. The van der Waals surface area contributed by atoms with Gasteiger partial charge in [0.15, 0.2) is 0 Å². The van der Waals surface area contributed by atoms with Crippen LogP contribution in [0, 0.1) is 6.92 Å². The smallest absolute Gasteiger partial charge is 0.302 e. The first-order chi connectivity index (χ1) is 11.0. The number of fused-ring (bicyclic) bond motifs is 1. The fraction of sp³-hybridized carbons (Fsp3) is 0.562. The number of carbonyl (C=O) groups excluding carboxylic acids is 1. The van der Waals surface area contributed by atoms with Crippen molar-refractivity contribution in [1.29, 1.82) is 0 Å². The van der Waals surface area contributed by atoms with Crippen molar-refractivity contribution in [2.24, 2.45) is 0 Å². The van der Waals surface area contributed by atoms with Crippen LogP contribution in [0.3, 0.4) is 0 Å². The molecule has 0 amide bonds. The van der Waals surface area contributed by atoms with Gasteiger partial charge in [-0.25, -0.2) is 4.98 Å². The Morgan fingerprint density at radius 2 is 1.96 bits per heavy atom. The number of rotatable bonds is 2. The van der Waals surface area contributed by atoms with Crippen molar-refractivity contribution < 1.29 is 9.53 Å². The molecule has 1 aliphatic rings. The van der Waals surface area contributed by atoms with E-state index in [2.05, 4.69) is 36.0 Å². The zero-order valence-electron chi connectivity index (χ0n) is 14.3. The zero-order valence-corrected chi connectivity index (χ0v) is 14.3. The van der Waals surface area contributed by atoms with E-state index in [1.54, 1.807) is 6.92 Å². The molecule has 0 atom stereocenters. The fourth-order valence-electron chi connectivity index (χ4n) is 2.49. The molecular weight excluding hydrogens is 294 g/mol. The van der Waals surface area contributed by atoms with Crippen molar-refractivity contribution in [1.82, 2.24) is 19.3 Å². The van der Waals surface area contributed by atoms with Gasteiger partial charge in [0.25, 0.3) is 0 Å². The van der Waals surface area contributed by atoms with Gasteiger partial charge in [0.1, 0.15) is 0 Å². The van der Waals surface area contributed by atoms with E-state index in [0.29, 0.717) is 6.61 Å². The lowest BCUT2D eigenvalue weighted by molar-refractivity contribution is -0.140. The molecule has 1 aliphatic heterocycles. The summed E-state index contributed by atoms with van der Waals surface area (Å²) in [6, 6.07) is 0. The zero-order chi connectivity index (χ0) is 16.8. The summed E-state index contributed by atoms with van der Waals surface area (Å²) in [5, 5.41) is 0. The molecule has 7 nitrogen and oxygen atoms in total. The maximum absolute atomic E-state index is 9.82. The van der Waals surface area contributed by atoms with Crippen LogP contribution in [0.2, 0.25) is 0 Å². The number of piperazine rings is 1. The predicted octanol–water partition coefficient (Wildman–Crippen LogP) is 1.36. The first-order valence-electron chi connectivity index (χ1n) is 7.88. The summed E-state index contributed by atoms with van der Waals surface area (Å²) in [4.78, 5) is 23.3. The van der Waals surface area contributed by atoms with Gasteiger partial charge in [-0.3, -0.25) is 14.2 Å². The Hall–Kier alpha value is -2.15. The molecule has 0 aromatic carbocycles. The van der Waals surface area contributed by atoms with Crippen LogP contribution in [-0.2, 0) is 9.53 Å². The lowest BCUT2D eigenvalue weighted by atomic mass is 10.3. The first kappa shape index (κ1) is 17.2. The Bertz CT molecular complexity index is 647. The number of carbonyl (C=O) groups is 1. The minimum Gasteiger partial charge on any atom is -0.466 e. The van der Waals surface area contributed by atoms with Crippen molar-refractivity contribution in [3.05, 3.63) is 24.3 Å². The van der Waals surface area contributed by atoms with Crippen LogP contribution in [0.4, 0.5) is 5.95 Å². The largest absolute Gasteiger partial charge is 0.466 e. The molecule has 0 spiro atoms. The Morgan fingerprint density at radius 3 is 2.52 bits per heavy atom. The van der Waals surface area contributed by atoms with Gasteiger partial charge in [0.05, 0.1) is 24.0 Å². The van der Waals surface area contributed by atoms with Gasteiger partial charge >= 0.3 is 5.97 Å². The molecule has 126 valence electrons. The molecule has 3 heterocycles. The van der Waals surface area contributed by atoms with E-state index in [9.17, 15) is 4.79 Å².